The summed E-state index contributed by atoms with van der Waals surface area (Å²) in [4.78, 5) is 3.86. The van der Waals surface area contributed by atoms with Crippen LogP contribution in [0.4, 0.5) is 13.2 Å². The number of hydrogen-bond donors (Lipinski definition) is 3. The van der Waals surface area contributed by atoms with Crippen LogP contribution in [0.25, 0.3) is 66.1 Å². The van der Waals surface area contributed by atoms with Crippen LogP contribution in [-0.4, -0.2) is 52.3 Å². The first-order chi connectivity index (χ1) is 40.2. The highest BCUT2D eigenvalue weighted by Crippen LogP contribution is 2.45. The summed E-state index contributed by atoms with van der Waals surface area (Å²) in [6.07, 6.45) is 16.9. The SMILES string of the molecule is C.Cc1cc2c(cc1C#N)c(-c1cc(F)cc(C)c1Cl)cn2C1CCC(O)CC1.Cc1cc2c(cc1C#N)c(-c1ccc(F)c(C)c1Cl)cn2C1CCC(O)CC1.Cc1cc2c(cc1C#N)c(-c1cnc(F)c(C)c1Cl)cn2C1CCC(O)CC1. The lowest BCUT2D eigenvalue weighted by molar-refractivity contribution is 0.111. The van der Waals surface area contributed by atoms with E-state index in [2.05, 4.69) is 43.1 Å². The third-order valence-electron chi connectivity index (χ3n) is 17.7. The van der Waals surface area contributed by atoms with Gasteiger partial charge in [0.15, 0.2) is 0 Å². The van der Waals surface area contributed by atoms with Gasteiger partial charge in [-0.25, -0.2) is 13.8 Å². The van der Waals surface area contributed by atoms with Gasteiger partial charge in [-0.3, -0.25) is 0 Å². The smallest absolute Gasteiger partial charge is 0.217 e. The highest BCUT2D eigenvalue weighted by atomic mass is 35.5. The summed E-state index contributed by atoms with van der Waals surface area (Å²) in [6, 6.07) is 25.4. The van der Waals surface area contributed by atoms with Gasteiger partial charge in [-0.2, -0.15) is 20.2 Å². The minimum Gasteiger partial charge on any atom is -0.393 e. The number of aliphatic hydroxyl groups excluding tert-OH is 3. The van der Waals surface area contributed by atoms with Gasteiger partial charge in [0.25, 0.3) is 0 Å². The van der Waals surface area contributed by atoms with E-state index in [1.165, 1.54) is 24.4 Å². The third-order valence-corrected chi connectivity index (χ3v) is 19.1. The number of aromatic nitrogens is 4. The lowest BCUT2D eigenvalue weighted by Gasteiger charge is -2.27. The maximum Gasteiger partial charge on any atom is 0.217 e. The molecule has 4 aromatic heterocycles. The molecular formula is C69H69Cl3F3N7O3. The van der Waals surface area contributed by atoms with Crippen molar-refractivity contribution in [2.75, 3.05) is 0 Å². The summed E-state index contributed by atoms with van der Waals surface area (Å²) < 4.78 is 48.6. The zero-order valence-electron chi connectivity index (χ0n) is 47.8. The van der Waals surface area contributed by atoms with Crippen LogP contribution in [0.15, 0.2) is 85.5 Å². The average Bonchev–Trinajstić information content (AvgIpc) is 3.91. The second-order valence-electron chi connectivity index (χ2n) is 23.1. The van der Waals surface area contributed by atoms with Crippen molar-refractivity contribution in [3.05, 3.63) is 168 Å². The minimum absolute atomic E-state index is 0. The van der Waals surface area contributed by atoms with Crippen LogP contribution >= 0.6 is 34.8 Å². The Hall–Kier alpha value is -7.12. The van der Waals surface area contributed by atoms with Gasteiger partial charge in [0.1, 0.15) is 11.6 Å². The molecule has 9 aromatic rings. The van der Waals surface area contributed by atoms with E-state index in [0.29, 0.717) is 59.6 Å². The largest absolute Gasteiger partial charge is 0.393 e. The number of fused-ring (bicyclic) bond motifs is 3. The predicted octanol–water partition coefficient (Wildman–Crippen LogP) is 18.2. The number of nitriles is 3. The number of aryl methyl sites for hydroxylation is 4. The highest BCUT2D eigenvalue weighted by Gasteiger charge is 2.29. The lowest BCUT2D eigenvalue weighted by Crippen LogP contribution is -2.20. The first-order valence-corrected chi connectivity index (χ1v) is 29.7. The van der Waals surface area contributed by atoms with E-state index in [9.17, 15) is 44.3 Å². The molecule has 12 rings (SSSR count). The number of pyridine rings is 1. The number of rotatable bonds is 6. The first kappa shape index (κ1) is 62.4. The van der Waals surface area contributed by atoms with Crippen molar-refractivity contribution in [3.8, 4) is 51.6 Å². The fraction of sp³-hybridized carbons (Fsp3) is 0.362. The fourth-order valence-electron chi connectivity index (χ4n) is 12.7. The van der Waals surface area contributed by atoms with Crippen molar-refractivity contribution in [2.24, 2.45) is 0 Å². The van der Waals surface area contributed by atoms with Crippen LogP contribution in [0.5, 0.6) is 0 Å². The van der Waals surface area contributed by atoms with Gasteiger partial charge < -0.3 is 29.0 Å². The van der Waals surface area contributed by atoms with E-state index in [4.69, 9.17) is 34.8 Å². The zero-order chi connectivity index (χ0) is 60.0. The molecule has 16 heteroatoms. The molecule has 0 unspecified atom stereocenters. The number of aliphatic hydroxyl groups is 3. The topological polar surface area (TPSA) is 160 Å². The van der Waals surface area contributed by atoms with Crippen LogP contribution in [0.1, 0.15) is 153 Å². The van der Waals surface area contributed by atoms with Crippen LogP contribution in [0.2, 0.25) is 15.1 Å². The van der Waals surface area contributed by atoms with E-state index in [1.54, 1.807) is 26.8 Å². The van der Waals surface area contributed by atoms with E-state index in [0.717, 1.165) is 149 Å². The fourth-order valence-corrected chi connectivity index (χ4v) is 13.4. The molecule has 440 valence electrons. The van der Waals surface area contributed by atoms with Gasteiger partial charge in [0.05, 0.1) is 68.3 Å². The number of halogens is 6. The molecule has 5 aromatic carbocycles. The number of hydrogen-bond acceptors (Lipinski definition) is 7. The molecule has 0 radical (unpaired) electrons. The zero-order valence-corrected chi connectivity index (χ0v) is 50.0. The second-order valence-corrected chi connectivity index (χ2v) is 24.3. The van der Waals surface area contributed by atoms with Crippen LogP contribution in [-0.2, 0) is 0 Å². The Morgan fingerprint density at radius 3 is 1.20 bits per heavy atom. The van der Waals surface area contributed by atoms with Crippen molar-refractivity contribution < 1.29 is 28.5 Å². The Balaban J connectivity index is 0.000000152. The molecule has 85 heavy (non-hydrogen) atoms. The Kier molecular flexibility index (Phi) is 19.0. The maximum absolute atomic E-state index is 14.2. The summed E-state index contributed by atoms with van der Waals surface area (Å²) in [7, 11) is 0. The second kappa shape index (κ2) is 25.8. The molecule has 0 bridgehead atoms. The van der Waals surface area contributed by atoms with Gasteiger partial charge in [0.2, 0.25) is 5.95 Å². The summed E-state index contributed by atoms with van der Waals surface area (Å²) in [6.45, 7) is 10.9. The van der Waals surface area contributed by atoms with Gasteiger partial charge in [-0.1, -0.05) is 42.2 Å². The molecule has 0 saturated heterocycles. The summed E-state index contributed by atoms with van der Waals surface area (Å²) in [5.41, 5.74) is 13.8. The van der Waals surface area contributed by atoms with E-state index < -0.39 is 5.95 Å². The Morgan fingerprint density at radius 2 is 0.812 bits per heavy atom. The third kappa shape index (κ3) is 12.3. The standard InChI is InChI=1S/2C23H22ClFN2O.C22H21ClFN3O.CH4/c1-13-8-22-19(9-15(13)11-26)21(20-10-16(25)7-14(2)23(20)24)12-27(22)17-3-5-18(28)6-4-17;1-13-9-22-19(10-15(13)11-26)20(18-7-8-21(25)14(2)23(18)24)12-27(22)16-3-5-17(28)6-4-16;1-12-7-20-17(8-14(12)9-25)19(18-10-26-22(24)13(2)21(18)23)11-27(20)15-3-5-16(28)6-4-15;/h7-10,12,17-18,28H,3-6H2,1-2H3;7-10,12,16-17,28H,3-6H2,1-2H3;7-8,10-11,15-16,28H,3-6H2,1-2H3;1H4. The van der Waals surface area contributed by atoms with Gasteiger partial charge >= 0.3 is 0 Å². The molecule has 10 nitrogen and oxygen atoms in total. The summed E-state index contributed by atoms with van der Waals surface area (Å²) >= 11 is 19.5. The molecule has 0 amide bonds. The van der Waals surface area contributed by atoms with Crippen molar-refractivity contribution in [2.45, 2.75) is 162 Å². The molecule has 0 atom stereocenters. The molecule has 3 saturated carbocycles. The van der Waals surface area contributed by atoms with Crippen molar-refractivity contribution in [1.82, 2.24) is 18.7 Å². The average molecular weight is 1210 g/mol. The molecule has 3 N–H and O–H groups in total. The molecular weight excluding hydrogens is 1140 g/mol. The first-order valence-electron chi connectivity index (χ1n) is 28.6. The molecule has 0 spiro atoms. The van der Waals surface area contributed by atoms with E-state index in [1.807, 2.05) is 69.6 Å². The quantitative estimate of drug-likeness (QED) is 0.140. The molecule has 4 heterocycles. The number of benzene rings is 5. The normalized spacial score (nSPS) is 19.5. The molecule has 3 aliphatic rings. The number of nitrogens with zero attached hydrogens (tertiary/aromatic N) is 7. The Bertz CT molecular complexity index is 3980. The van der Waals surface area contributed by atoms with Gasteiger partial charge in [-0.05, 0) is 202 Å². The molecule has 0 aliphatic heterocycles. The Labute approximate surface area is 509 Å². The van der Waals surface area contributed by atoms with Gasteiger partial charge in [-0.15, -0.1) is 0 Å². The molecule has 3 fully saturated rings. The summed E-state index contributed by atoms with van der Waals surface area (Å²) in [5.74, 6) is -1.23. The van der Waals surface area contributed by atoms with Gasteiger partial charge in [0, 0.05) is 120 Å². The van der Waals surface area contributed by atoms with E-state index >= 15 is 0 Å². The Morgan fingerprint density at radius 1 is 0.447 bits per heavy atom. The van der Waals surface area contributed by atoms with Crippen LogP contribution < -0.4 is 0 Å². The van der Waals surface area contributed by atoms with Crippen molar-refractivity contribution >= 4 is 67.5 Å². The maximum atomic E-state index is 14.2. The van der Waals surface area contributed by atoms with Crippen LogP contribution in [0, 0.1) is 93.1 Å². The van der Waals surface area contributed by atoms with Crippen LogP contribution in [0.3, 0.4) is 0 Å². The minimum atomic E-state index is -0.577. The van der Waals surface area contributed by atoms with Crippen molar-refractivity contribution in [3.63, 3.8) is 0 Å². The highest BCUT2D eigenvalue weighted by molar-refractivity contribution is 6.35. The van der Waals surface area contributed by atoms with Crippen molar-refractivity contribution in [1.29, 1.82) is 15.8 Å². The monoisotopic (exact) mass is 1210 g/mol. The summed E-state index contributed by atoms with van der Waals surface area (Å²) in [5, 5.41) is 62.1. The lowest BCUT2D eigenvalue weighted by atomic mass is 9.93. The van der Waals surface area contributed by atoms with E-state index in [-0.39, 0.29) is 55.5 Å². The predicted molar refractivity (Wildman–Crippen MR) is 335 cm³/mol. The molecule has 3 aliphatic carbocycles.